The smallest absolute Gasteiger partial charge is 0.0143 e. The molecule has 88 valence electrons. The molecule has 0 aliphatic rings. The van der Waals surface area contributed by atoms with Gasteiger partial charge in [0.2, 0.25) is 0 Å². The van der Waals surface area contributed by atoms with Crippen molar-refractivity contribution in [1.29, 1.82) is 0 Å². The highest BCUT2D eigenvalue weighted by molar-refractivity contribution is 5.54. The zero-order valence-electron chi connectivity index (χ0n) is 11.1. The van der Waals surface area contributed by atoms with E-state index in [4.69, 9.17) is 0 Å². The fraction of sp³-hybridized carbons (Fsp3) is 0.467. The van der Waals surface area contributed by atoms with Gasteiger partial charge in [0, 0.05) is 12.1 Å². The van der Waals surface area contributed by atoms with E-state index in [-0.39, 0.29) is 5.54 Å². The molecule has 0 atom stereocenters. The minimum absolute atomic E-state index is 0.187. The first-order valence-electron chi connectivity index (χ1n) is 5.87. The van der Waals surface area contributed by atoms with Gasteiger partial charge in [-0.05, 0) is 45.7 Å². The highest BCUT2D eigenvalue weighted by Gasteiger charge is 2.05. The Bertz CT molecular complexity index is 370. The second kappa shape index (κ2) is 5.31. The summed E-state index contributed by atoms with van der Waals surface area (Å²) in [4.78, 5) is 0. The SMILES string of the molecule is Cc1ccc(C=CCNC(C)(C)C)c(C)c1. The topological polar surface area (TPSA) is 12.0 Å². The Morgan fingerprint density at radius 3 is 2.44 bits per heavy atom. The van der Waals surface area contributed by atoms with Crippen LogP contribution in [0.3, 0.4) is 0 Å². The van der Waals surface area contributed by atoms with Gasteiger partial charge in [0.05, 0.1) is 0 Å². The Kier molecular flexibility index (Phi) is 4.31. The third-order valence-corrected chi connectivity index (χ3v) is 2.47. The van der Waals surface area contributed by atoms with Gasteiger partial charge in [-0.2, -0.15) is 0 Å². The van der Waals surface area contributed by atoms with E-state index in [1.54, 1.807) is 0 Å². The van der Waals surface area contributed by atoms with Crippen LogP contribution in [0, 0.1) is 13.8 Å². The largest absolute Gasteiger partial charge is 0.309 e. The summed E-state index contributed by atoms with van der Waals surface area (Å²) < 4.78 is 0. The monoisotopic (exact) mass is 217 g/mol. The molecule has 1 aromatic carbocycles. The normalized spacial score (nSPS) is 12.3. The van der Waals surface area contributed by atoms with E-state index in [0.717, 1.165) is 6.54 Å². The standard InChI is InChI=1S/C15H23N/c1-12-8-9-14(13(2)11-12)7-6-10-16-15(3,4)5/h6-9,11,16H,10H2,1-5H3. The van der Waals surface area contributed by atoms with Crippen LogP contribution < -0.4 is 5.32 Å². The van der Waals surface area contributed by atoms with Gasteiger partial charge in [-0.25, -0.2) is 0 Å². The highest BCUT2D eigenvalue weighted by Crippen LogP contribution is 2.11. The minimum atomic E-state index is 0.187. The molecular weight excluding hydrogens is 194 g/mol. The molecule has 1 heteroatoms. The first-order valence-corrected chi connectivity index (χ1v) is 5.87. The molecule has 0 saturated carbocycles. The zero-order chi connectivity index (χ0) is 12.2. The Morgan fingerprint density at radius 1 is 1.19 bits per heavy atom. The number of benzene rings is 1. The predicted molar refractivity (Wildman–Crippen MR) is 72.7 cm³/mol. The van der Waals surface area contributed by atoms with Crippen molar-refractivity contribution in [3.05, 3.63) is 41.0 Å². The molecule has 0 fully saturated rings. The summed E-state index contributed by atoms with van der Waals surface area (Å²) in [6.07, 6.45) is 4.37. The van der Waals surface area contributed by atoms with Crippen molar-refractivity contribution in [2.24, 2.45) is 0 Å². The second-order valence-corrected chi connectivity index (χ2v) is 5.39. The van der Waals surface area contributed by atoms with Crippen LogP contribution in [0.25, 0.3) is 6.08 Å². The molecule has 0 saturated heterocycles. The van der Waals surface area contributed by atoms with Crippen molar-refractivity contribution in [3.63, 3.8) is 0 Å². The van der Waals surface area contributed by atoms with Crippen molar-refractivity contribution < 1.29 is 0 Å². The summed E-state index contributed by atoms with van der Waals surface area (Å²) in [7, 11) is 0. The molecule has 1 aromatic rings. The highest BCUT2D eigenvalue weighted by atomic mass is 14.9. The summed E-state index contributed by atoms with van der Waals surface area (Å²) in [6, 6.07) is 6.55. The molecule has 0 amide bonds. The van der Waals surface area contributed by atoms with E-state index in [1.165, 1.54) is 16.7 Å². The molecule has 16 heavy (non-hydrogen) atoms. The second-order valence-electron chi connectivity index (χ2n) is 5.39. The predicted octanol–water partition coefficient (Wildman–Crippen LogP) is 3.70. The van der Waals surface area contributed by atoms with Crippen LogP contribution in [0.2, 0.25) is 0 Å². The van der Waals surface area contributed by atoms with Gasteiger partial charge in [0.15, 0.2) is 0 Å². The quantitative estimate of drug-likeness (QED) is 0.814. The number of rotatable bonds is 3. The summed E-state index contributed by atoms with van der Waals surface area (Å²) >= 11 is 0. The average Bonchev–Trinajstić information content (AvgIpc) is 2.13. The molecule has 1 nitrogen and oxygen atoms in total. The van der Waals surface area contributed by atoms with Crippen molar-refractivity contribution in [3.8, 4) is 0 Å². The molecule has 0 heterocycles. The number of nitrogens with one attached hydrogen (secondary N) is 1. The van der Waals surface area contributed by atoms with Crippen molar-refractivity contribution in [2.75, 3.05) is 6.54 Å². The first-order chi connectivity index (χ1) is 7.38. The van der Waals surface area contributed by atoms with Crippen LogP contribution in [0.4, 0.5) is 0 Å². The minimum Gasteiger partial charge on any atom is -0.309 e. The van der Waals surface area contributed by atoms with Crippen molar-refractivity contribution in [2.45, 2.75) is 40.2 Å². The van der Waals surface area contributed by atoms with E-state index in [1.807, 2.05) is 0 Å². The summed E-state index contributed by atoms with van der Waals surface area (Å²) in [5.41, 5.74) is 4.16. The van der Waals surface area contributed by atoms with Gasteiger partial charge in [0.25, 0.3) is 0 Å². The molecule has 1 N–H and O–H groups in total. The van der Waals surface area contributed by atoms with Gasteiger partial charge in [-0.15, -0.1) is 0 Å². The number of hydrogen-bond acceptors (Lipinski definition) is 1. The van der Waals surface area contributed by atoms with E-state index < -0.39 is 0 Å². The maximum Gasteiger partial charge on any atom is 0.0143 e. The Hall–Kier alpha value is -1.08. The Labute approximate surface area is 99.6 Å². The summed E-state index contributed by atoms with van der Waals surface area (Å²) in [5, 5.41) is 3.44. The fourth-order valence-electron chi connectivity index (χ4n) is 1.56. The van der Waals surface area contributed by atoms with Gasteiger partial charge in [-0.3, -0.25) is 0 Å². The number of aryl methyl sites for hydroxylation is 2. The lowest BCUT2D eigenvalue weighted by atomic mass is 10.1. The number of hydrogen-bond donors (Lipinski definition) is 1. The fourth-order valence-corrected chi connectivity index (χ4v) is 1.56. The van der Waals surface area contributed by atoms with Crippen LogP contribution in [0.5, 0.6) is 0 Å². The maximum absolute atomic E-state index is 3.44. The average molecular weight is 217 g/mol. The van der Waals surface area contributed by atoms with E-state index in [0.29, 0.717) is 0 Å². The molecule has 0 aromatic heterocycles. The van der Waals surface area contributed by atoms with Crippen LogP contribution in [-0.2, 0) is 0 Å². The van der Waals surface area contributed by atoms with Crippen LogP contribution in [-0.4, -0.2) is 12.1 Å². The van der Waals surface area contributed by atoms with Gasteiger partial charge in [-0.1, -0.05) is 35.9 Å². The van der Waals surface area contributed by atoms with Crippen LogP contribution in [0.15, 0.2) is 24.3 Å². The van der Waals surface area contributed by atoms with Crippen molar-refractivity contribution in [1.82, 2.24) is 5.32 Å². The van der Waals surface area contributed by atoms with E-state index in [2.05, 4.69) is 70.3 Å². The lowest BCUT2D eigenvalue weighted by Crippen LogP contribution is -2.35. The third-order valence-electron chi connectivity index (χ3n) is 2.47. The lowest BCUT2D eigenvalue weighted by Gasteiger charge is -2.18. The van der Waals surface area contributed by atoms with Crippen LogP contribution >= 0.6 is 0 Å². The van der Waals surface area contributed by atoms with Gasteiger partial charge < -0.3 is 5.32 Å². The lowest BCUT2D eigenvalue weighted by molar-refractivity contribution is 0.450. The third kappa shape index (κ3) is 4.63. The van der Waals surface area contributed by atoms with E-state index in [9.17, 15) is 0 Å². The first kappa shape index (κ1) is 13.0. The zero-order valence-corrected chi connectivity index (χ0v) is 11.1. The Balaban J connectivity index is 2.57. The Morgan fingerprint density at radius 2 is 1.88 bits per heavy atom. The van der Waals surface area contributed by atoms with Gasteiger partial charge >= 0.3 is 0 Å². The molecule has 0 unspecified atom stereocenters. The molecule has 1 rings (SSSR count). The molecule has 0 bridgehead atoms. The molecular formula is C15H23N. The molecule has 0 aliphatic carbocycles. The molecule has 0 aliphatic heterocycles. The maximum atomic E-state index is 3.44. The summed E-state index contributed by atoms with van der Waals surface area (Å²) in [5.74, 6) is 0. The van der Waals surface area contributed by atoms with Crippen LogP contribution in [0.1, 0.15) is 37.5 Å². The van der Waals surface area contributed by atoms with Gasteiger partial charge in [0.1, 0.15) is 0 Å². The molecule has 0 spiro atoms. The van der Waals surface area contributed by atoms with E-state index >= 15 is 0 Å². The summed E-state index contributed by atoms with van der Waals surface area (Å²) in [6.45, 7) is 11.7. The molecule has 0 radical (unpaired) electrons. The van der Waals surface area contributed by atoms with Crippen molar-refractivity contribution >= 4 is 6.08 Å².